The first-order valence-electron chi connectivity index (χ1n) is 5.47. The van der Waals surface area contributed by atoms with Crippen LogP contribution in [0.15, 0.2) is 43.0 Å². The lowest BCUT2D eigenvalue weighted by molar-refractivity contribution is 0.285. The first-order chi connectivity index (χ1) is 7.33. The zero-order valence-electron chi connectivity index (χ0n) is 10.5. The topological polar surface area (TPSA) is 3.24 Å². The van der Waals surface area contributed by atoms with Gasteiger partial charge in [-0.25, -0.2) is 0 Å². The molecule has 0 spiro atoms. The predicted octanol–water partition coefficient (Wildman–Crippen LogP) is 4.83. The van der Waals surface area contributed by atoms with Gasteiger partial charge < -0.3 is 3.11 Å². The smallest absolute Gasteiger partial charge is 0.0597 e. The van der Waals surface area contributed by atoms with E-state index in [-0.39, 0.29) is 11.0 Å². The Kier molecular flexibility index (Phi) is 4.05. The Bertz CT molecular complexity index is 354. The van der Waals surface area contributed by atoms with Crippen molar-refractivity contribution in [1.29, 1.82) is 0 Å². The van der Waals surface area contributed by atoms with Gasteiger partial charge >= 0.3 is 0 Å². The number of halogens is 1. The molecular formula is C14H20IN. The van der Waals surface area contributed by atoms with E-state index in [1.807, 2.05) is 12.1 Å². The third-order valence-corrected chi connectivity index (χ3v) is 5.32. The Morgan fingerprint density at radius 3 is 2.06 bits per heavy atom. The van der Waals surface area contributed by atoms with Crippen LogP contribution in [-0.4, -0.2) is 5.54 Å². The van der Waals surface area contributed by atoms with E-state index in [2.05, 4.69) is 84.5 Å². The summed E-state index contributed by atoms with van der Waals surface area (Å²) in [6, 6.07) is 10.4. The van der Waals surface area contributed by atoms with E-state index in [1.165, 1.54) is 5.69 Å². The molecule has 0 aliphatic rings. The van der Waals surface area contributed by atoms with Crippen LogP contribution >= 0.6 is 22.9 Å². The average Bonchev–Trinajstić information content (AvgIpc) is 2.29. The SMILES string of the molecule is C=CC(C)(C)C(C)(C)N(I)c1ccccc1. The molecule has 0 unspecified atom stereocenters. The molecule has 1 aromatic carbocycles. The molecule has 16 heavy (non-hydrogen) atoms. The number of hydrogen-bond donors (Lipinski definition) is 0. The molecule has 1 rings (SSSR count). The summed E-state index contributed by atoms with van der Waals surface area (Å²) in [4.78, 5) is 0. The van der Waals surface area contributed by atoms with Crippen LogP contribution in [0.3, 0.4) is 0 Å². The van der Waals surface area contributed by atoms with Crippen molar-refractivity contribution < 1.29 is 0 Å². The van der Waals surface area contributed by atoms with Crippen molar-refractivity contribution in [2.24, 2.45) is 5.41 Å². The maximum atomic E-state index is 3.94. The highest BCUT2D eigenvalue weighted by atomic mass is 127. The fourth-order valence-electron chi connectivity index (χ4n) is 1.38. The molecule has 1 aromatic rings. The Morgan fingerprint density at radius 2 is 1.62 bits per heavy atom. The van der Waals surface area contributed by atoms with Crippen LogP contribution in [0, 0.1) is 5.41 Å². The second-order valence-electron chi connectivity index (χ2n) is 5.10. The lowest BCUT2D eigenvalue weighted by Gasteiger charge is -2.46. The molecule has 0 heterocycles. The molecule has 0 aliphatic carbocycles. The van der Waals surface area contributed by atoms with E-state index in [1.54, 1.807) is 0 Å². The largest absolute Gasteiger partial charge is 0.308 e. The summed E-state index contributed by atoms with van der Waals surface area (Å²) in [5.41, 5.74) is 1.28. The van der Waals surface area contributed by atoms with Crippen LogP contribution < -0.4 is 3.11 Å². The van der Waals surface area contributed by atoms with Crippen molar-refractivity contribution in [2.75, 3.05) is 3.11 Å². The normalized spacial score (nSPS) is 12.3. The highest BCUT2D eigenvalue weighted by Crippen LogP contribution is 2.41. The molecule has 0 radical (unpaired) electrons. The van der Waals surface area contributed by atoms with Gasteiger partial charge in [0.1, 0.15) is 0 Å². The van der Waals surface area contributed by atoms with Gasteiger partial charge in [0, 0.05) is 11.1 Å². The predicted molar refractivity (Wildman–Crippen MR) is 81.0 cm³/mol. The van der Waals surface area contributed by atoms with Crippen molar-refractivity contribution in [1.82, 2.24) is 0 Å². The fraction of sp³-hybridized carbons (Fsp3) is 0.429. The third-order valence-electron chi connectivity index (χ3n) is 3.56. The summed E-state index contributed by atoms with van der Waals surface area (Å²) in [7, 11) is 0. The fourth-order valence-corrected chi connectivity index (χ4v) is 2.33. The van der Waals surface area contributed by atoms with Crippen molar-refractivity contribution in [3.8, 4) is 0 Å². The molecule has 0 saturated heterocycles. The van der Waals surface area contributed by atoms with Crippen LogP contribution in [0.25, 0.3) is 0 Å². The minimum Gasteiger partial charge on any atom is -0.308 e. The van der Waals surface area contributed by atoms with Gasteiger partial charge in [0.05, 0.1) is 28.4 Å². The zero-order valence-corrected chi connectivity index (χ0v) is 12.7. The van der Waals surface area contributed by atoms with E-state index in [9.17, 15) is 0 Å². The Morgan fingerprint density at radius 1 is 1.12 bits per heavy atom. The lowest BCUT2D eigenvalue weighted by atomic mass is 9.74. The maximum Gasteiger partial charge on any atom is 0.0597 e. The Balaban J connectivity index is 3.06. The van der Waals surface area contributed by atoms with Crippen molar-refractivity contribution >= 4 is 28.6 Å². The monoisotopic (exact) mass is 329 g/mol. The Labute approximate surface area is 113 Å². The lowest BCUT2D eigenvalue weighted by Crippen LogP contribution is -2.48. The summed E-state index contributed by atoms with van der Waals surface area (Å²) in [6.07, 6.45) is 2.03. The summed E-state index contributed by atoms with van der Waals surface area (Å²) < 4.78 is 2.28. The molecule has 0 amide bonds. The number of benzene rings is 1. The third kappa shape index (κ3) is 2.42. The second kappa shape index (κ2) is 4.78. The standard InChI is InChI=1S/C14H20IN/c1-6-13(2,3)14(4,5)16(15)12-10-8-7-9-11-12/h6-11H,1H2,2-5H3. The molecule has 0 aromatic heterocycles. The maximum absolute atomic E-state index is 3.94. The van der Waals surface area contributed by atoms with Crippen LogP contribution in [-0.2, 0) is 0 Å². The van der Waals surface area contributed by atoms with E-state index >= 15 is 0 Å². The summed E-state index contributed by atoms with van der Waals surface area (Å²) in [6.45, 7) is 12.9. The van der Waals surface area contributed by atoms with Crippen molar-refractivity contribution in [3.05, 3.63) is 43.0 Å². The molecule has 88 valence electrons. The van der Waals surface area contributed by atoms with Crippen molar-refractivity contribution in [3.63, 3.8) is 0 Å². The van der Waals surface area contributed by atoms with Crippen LogP contribution in [0.5, 0.6) is 0 Å². The van der Waals surface area contributed by atoms with Gasteiger partial charge in [-0.05, 0) is 26.0 Å². The highest BCUT2D eigenvalue weighted by molar-refractivity contribution is 14.1. The van der Waals surface area contributed by atoms with Gasteiger partial charge in [0.25, 0.3) is 0 Å². The van der Waals surface area contributed by atoms with Gasteiger partial charge in [-0.3, -0.25) is 0 Å². The van der Waals surface area contributed by atoms with Crippen molar-refractivity contribution in [2.45, 2.75) is 33.2 Å². The molecule has 0 bridgehead atoms. The van der Waals surface area contributed by atoms with Gasteiger partial charge in [-0.1, -0.05) is 38.1 Å². The number of anilines is 1. The van der Waals surface area contributed by atoms with E-state index in [0.717, 1.165) is 0 Å². The van der Waals surface area contributed by atoms with E-state index in [0.29, 0.717) is 0 Å². The molecular weight excluding hydrogens is 309 g/mol. The number of rotatable bonds is 4. The van der Waals surface area contributed by atoms with Crippen LogP contribution in [0.4, 0.5) is 5.69 Å². The van der Waals surface area contributed by atoms with Crippen LogP contribution in [0.1, 0.15) is 27.7 Å². The minimum atomic E-state index is 0.0106. The summed E-state index contributed by atoms with van der Waals surface area (Å²) in [5, 5.41) is 0. The highest BCUT2D eigenvalue weighted by Gasteiger charge is 2.39. The van der Waals surface area contributed by atoms with Gasteiger partial charge in [-0.15, -0.1) is 6.58 Å². The van der Waals surface area contributed by atoms with E-state index < -0.39 is 0 Å². The first kappa shape index (κ1) is 13.6. The quantitative estimate of drug-likeness (QED) is 0.434. The number of para-hydroxylation sites is 1. The van der Waals surface area contributed by atoms with Gasteiger partial charge in [0.2, 0.25) is 0 Å². The summed E-state index contributed by atoms with van der Waals surface area (Å²) in [5.74, 6) is 0. The minimum absolute atomic E-state index is 0.0106. The first-order valence-corrected chi connectivity index (χ1v) is 6.44. The number of nitrogens with zero attached hydrogens (tertiary/aromatic N) is 1. The number of hydrogen-bond acceptors (Lipinski definition) is 1. The zero-order chi connectivity index (χ0) is 12.4. The molecule has 0 atom stereocenters. The molecule has 2 heteroatoms. The van der Waals surface area contributed by atoms with Crippen LogP contribution in [0.2, 0.25) is 0 Å². The second-order valence-corrected chi connectivity index (χ2v) is 6.07. The molecule has 0 N–H and O–H groups in total. The van der Waals surface area contributed by atoms with E-state index in [4.69, 9.17) is 0 Å². The Hall–Kier alpha value is -0.510. The molecule has 0 saturated carbocycles. The van der Waals surface area contributed by atoms with Gasteiger partial charge in [-0.2, -0.15) is 0 Å². The molecule has 0 aliphatic heterocycles. The van der Waals surface area contributed by atoms with Gasteiger partial charge in [0.15, 0.2) is 0 Å². The molecule has 0 fully saturated rings. The summed E-state index contributed by atoms with van der Waals surface area (Å²) >= 11 is 2.38. The molecule has 1 nitrogen and oxygen atoms in total. The average molecular weight is 329 g/mol.